The lowest BCUT2D eigenvalue weighted by Crippen LogP contribution is -2.37. The Morgan fingerprint density at radius 1 is 1.03 bits per heavy atom. The van der Waals surface area contributed by atoms with Gasteiger partial charge in [0.05, 0.1) is 29.7 Å². The molecule has 1 amide bonds. The van der Waals surface area contributed by atoms with Crippen LogP contribution in [0, 0.1) is 11.3 Å². The third-order valence-electron chi connectivity index (χ3n) is 4.57. The van der Waals surface area contributed by atoms with Gasteiger partial charge >= 0.3 is 0 Å². The summed E-state index contributed by atoms with van der Waals surface area (Å²) in [4.78, 5) is 12.8. The summed E-state index contributed by atoms with van der Waals surface area (Å²) in [5.41, 5.74) is 1.57. The molecule has 3 aromatic carbocycles. The molecule has 7 nitrogen and oxygen atoms in total. The van der Waals surface area contributed by atoms with Crippen LogP contribution < -0.4 is 10.1 Å². The third-order valence-corrected chi connectivity index (χ3v) is 6.38. The molecule has 8 heteroatoms. The number of rotatable bonds is 9. The fraction of sp³-hybridized carbons (Fsp3) is 0.167. The van der Waals surface area contributed by atoms with Gasteiger partial charge in [-0.2, -0.15) is 9.57 Å². The minimum Gasteiger partial charge on any atom is -0.494 e. The maximum absolute atomic E-state index is 13.4. The quantitative estimate of drug-likeness (QED) is 0.536. The van der Waals surface area contributed by atoms with Crippen molar-refractivity contribution in [2.24, 2.45) is 0 Å². The highest BCUT2D eigenvalue weighted by molar-refractivity contribution is 7.89. The summed E-state index contributed by atoms with van der Waals surface area (Å²) in [5, 5.41) is 11.7. The summed E-state index contributed by atoms with van der Waals surface area (Å²) in [6, 6.07) is 23.6. The van der Waals surface area contributed by atoms with Crippen molar-refractivity contribution in [2.45, 2.75) is 18.4 Å². The second-order valence-electron chi connectivity index (χ2n) is 6.90. The molecule has 0 fully saturated rings. The Kier molecular flexibility index (Phi) is 7.60. The van der Waals surface area contributed by atoms with E-state index in [0.717, 1.165) is 9.87 Å². The van der Waals surface area contributed by atoms with E-state index in [1.807, 2.05) is 31.2 Å². The molecule has 0 aliphatic carbocycles. The number of sulfonamides is 1. The highest BCUT2D eigenvalue weighted by atomic mass is 32.2. The number of hydrogen-bond acceptors (Lipinski definition) is 5. The van der Waals surface area contributed by atoms with E-state index in [2.05, 4.69) is 5.32 Å². The maximum atomic E-state index is 13.4. The Bertz CT molecular complexity index is 1200. The molecular weight excluding hydrogens is 426 g/mol. The minimum absolute atomic E-state index is 0.0298. The molecule has 32 heavy (non-hydrogen) atoms. The monoisotopic (exact) mass is 449 g/mol. The molecule has 3 rings (SSSR count). The number of carbonyl (C=O) groups is 1. The van der Waals surface area contributed by atoms with E-state index in [-0.39, 0.29) is 18.0 Å². The molecule has 164 valence electrons. The zero-order chi connectivity index (χ0) is 23.0. The second-order valence-corrected chi connectivity index (χ2v) is 8.84. The first kappa shape index (κ1) is 23.0. The van der Waals surface area contributed by atoms with E-state index in [4.69, 9.17) is 10.00 Å². The highest BCUT2D eigenvalue weighted by Crippen LogP contribution is 2.22. The number of anilines is 1. The van der Waals surface area contributed by atoms with Crippen LogP contribution in [0.2, 0.25) is 0 Å². The molecule has 0 aromatic heterocycles. The van der Waals surface area contributed by atoms with Crippen molar-refractivity contribution in [1.29, 1.82) is 5.26 Å². The number of amides is 1. The topological polar surface area (TPSA) is 99.5 Å². The maximum Gasteiger partial charge on any atom is 0.243 e. The van der Waals surface area contributed by atoms with E-state index >= 15 is 0 Å². The van der Waals surface area contributed by atoms with Gasteiger partial charge in [0.1, 0.15) is 5.75 Å². The van der Waals surface area contributed by atoms with Gasteiger partial charge in [-0.1, -0.05) is 36.4 Å². The lowest BCUT2D eigenvalue weighted by atomic mass is 10.2. The molecule has 0 saturated carbocycles. The van der Waals surface area contributed by atoms with Crippen molar-refractivity contribution in [2.75, 3.05) is 18.5 Å². The van der Waals surface area contributed by atoms with Crippen LogP contribution in [-0.4, -0.2) is 31.8 Å². The first-order valence-corrected chi connectivity index (χ1v) is 11.4. The Morgan fingerprint density at radius 3 is 2.41 bits per heavy atom. The zero-order valence-electron chi connectivity index (χ0n) is 17.6. The summed E-state index contributed by atoms with van der Waals surface area (Å²) >= 11 is 0. The van der Waals surface area contributed by atoms with Crippen molar-refractivity contribution < 1.29 is 17.9 Å². The average molecular weight is 450 g/mol. The number of nitrogens with one attached hydrogen (secondary N) is 1. The van der Waals surface area contributed by atoms with Crippen LogP contribution in [0.25, 0.3) is 0 Å². The lowest BCUT2D eigenvalue weighted by molar-refractivity contribution is -0.116. The number of nitriles is 1. The molecule has 3 aromatic rings. The van der Waals surface area contributed by atoms with E-state index in [0.29, 0.717) is 23.6 Å². The SMILES string of the molecule is CCOc1ccc(S(=O)(=O)N(CC(=O)Nc2cccc(C#N)c2)Cc2ccccc2)cc1. The highest BCUT2D eigenvalue weighted by Gasteiger charge is 2.27. The molecule has 1 N–H and O–H groups in total. The molecule has 0 heterocycles. The van der Waals surface area contributed by atoms with E-state index in [9.17, 15) is 13.2 Å². The predicted molar refractivity (Wildman–Crippen MR) is 121 cm³/mol. The summed E-state index contributed by atoms with van der Waals surface area (Å²) in [5.74, 6) is 0.0571. The molecule has 0 aliphatic rings. The van der Waals surface area contributed by atoms with Crippen LogP contribution in [0.5, 0.6) is 5.75 Å². The van der Waals surface area contributed by atoms with Crippen molar-refractivity contribution >= 4 is 21.6 Å². The van der Waals surface area contributed by atoms with Crippen molar-refractivity contribution in [3.05, 3.63) is 90.0 Å². The second kappa shape index (κ2) is 10.6. The van der Waals surface area contributed by atoms with Crippen LogP contribution in [0.4, 0.5) is 5.69 Å². The Hall–Kier alpha value is -3.67. The zero-order valence-corrected chi connectivity index (χ0v) is 18.4. The van der Waals surface area contributed by atoms with Gasteiger partial charge in [-0.25, -0.2) is 8.42 Å². The number of hydrogen-bond donors (Lipinski definition) is 1. The van der Waals surface area contributed by atoms with E-state index in [1.54, 1.807) is 42.5 Å². The fourth-order valence-corrected chi connectivity index (χ4v) is 4.45. The Morgan fingerprint density at radius 2 is 1.75 bits per heavy atom. The lowest BCUT2D eigenvalue weighted by Gasteiger charge is -2.22. The third kappa shape index (κ3) is 5.94. The summed E-state index contributed by atoms with van der Waals surface area (Å²) < 4.78 is 33.2. The summed E-state index contributed by atoms with van der Waals surface area (Å²) in [6.45, 7) is 1.96. The van der Waals surface area contributed by atoms with E-state index < -0.39 is 15.9 Å². The van der Waals surface area contributed by atoms with Crippen LogP contribution in [0.1, 0.15) is 18.1 Å². The van der Waals surface area contributed by atoms with Crippen LogP contribution in [0.3, 0.4) is 0 Å². The number of nitrogens with zero attached hydrogens (tertiary/aromatic N) is 2. The predicted octanol–water partition coefficient (Wildman–Crippen LogP) is 3.79. The van der Waals surface area contributed by atoms with Gasteiger partial charge in [0.2, 0.25) is 15.9 Å². The van der Waals surface area contributed by atoms with Gasteiger partial charge in [-0.15, -0.1) is 0 Å². The standard InChI is InChI=1S/C24H23N3O4S/c1-2-31-22-11-13-23(14-12-22)32(29,30)27(17-19-7-4-3-5-8-19)18-24(28)26-21-10-6-9-20(15-21)16-25/h3-15H,2,17-18H2,1H3,(H,26,28). The molecule has 0 radical (unpaired) electrons. The van der Waals surface area contributed by atoms with Crippen LogP contribution >= 0.6 is 0 Å². The van der Waals surface area contributed by atoms with Crippen molar-refractivity contribution in [3.8, 4) is 11.8 Å². The van der Waals surface area contributed by atoms with Gasteiger partial charge in [0.25, 0.3) is 0 Å². The Labute approximate surface area is 187 Å². The van der Waals surface area contributed by atoms with Crippen molar-refractivity contribution in [3.63, 3.8) is 0 Å². The average Bonchev–Trinajstić information content (AvgIpc) is 2.80. The molecular formula is C24H23N3O4S. The molecule has 0 bridgehead atoms. The first-order chi connectivity index (χ1) is 15.4. The van der Waals surface area contributed by atoms with Gasteiger partial charge in [0.15, 0.2) is 0 Å². The summed E-state index contributed by atoms with van der Waals surface area (Å²) in [6.07, 6.45) is 0. The number of benzene rings is 3. The molecule has 0 aliphatic heterocycles. The van der Waals surface area contributed by atoms with Crippen molar-refractivity contribution in [1.82, 2.24) is 4.31 Å². The molecule has 0 unspecified atom stereocenters. The number of carbonyl (C=O) groups excluding carboxylic acids is 1. The van der Waals surface area contributed by atoms with Gasteiger partial charge in [-0.3, -0.25) is 4.79 Å². The van der Waals surface area contributed by atoms with Gasteiger partial charge in [0, 0.05) is 12.2 Å². The van der Waals surface area contributed by atoms with Gasteiger partial charge in [-0.05, 0) is 55.0 Å². The first-order valence-electron chi connectivity index (χ1n) is 9.99. The Balaban J connectivity index is 1.85. The molecule has 0 saturated heterocycles. The number of ether oxygens (including phenoxy) is 1. The smallest absolute Gasteiger partial charge is 0.243 e. The van der Waals surface area contributed by atoms with E-state index in [1.165, 1.54) is 18.2 Å². The minimum atomic E-state index is -3.97. The van der Waals surface area contributed by atoms with Crippen LogP contribution in [-0.2, 0) is 21.4 Å². The normalized spacial score (nSPS) is 11.0. The molecule has 0 spiro atoms. The van der Waals surface area contributed by atoms with Gasteiger partial charge < -0.3 is 10.1 Å². The largest absolute Gasteiger partial charge is 0.494 e. The van der Waals surface area contributed by atoms with Crippen LogP contribution in [0.15, 0.2) is 83.8 Å². The molecule has 0 atom stereocenters. The summed E-state index contributed by atoms with van der Waals surface area (Å²) in [7, 11) is -3.97. The fourth-order valence-electron chi connectivity index (χ4n) is 3.06.